The molecule has 0 aromatic heterocycles. The molecule has 0 rings (SSSR count). The molecular formula is C11H24O7. The lowest BCUT2D eigenvalue weighted by molar-refractivity contribution is -0.462. The van der Waals surface area contributed by atoms with Gasteiger partial charge in [-0.2, -0.15) is 0 Å². The number of hydrogen-bond donors (Lipinski definition) is 4. The van der Waals surface area contributed by atoms with E-state index in [1.165, 1.54) is 0 Å². The van der Waals surface area contributed by atoms with Gasteiger partial charge in [-0.1, -0.05) is 6.92 Å². The molecular weight excluding hydrogens is 244 g/mol. The first-order valence-corrected chi connectivity index (χ1v) is 5.77. The first kappa shape index (κ1) is 17.7. The van der Waals surface area contributed by atoms with Gasteiger partial charge in [0.1, 0.15) is 0 Å². The molecule has 1 atom stereocenters. The third kappa shape index (κ3) is 2.53. The highest BCUT2D eigenvalue weighted by Gasteiger charge is 2.64. The summed E-state index contributed by atoms with van der Waals surface area (Å²) in [4.78, 5) is 0. The lowest BCUT2D eigenvalue weighted by Crippen LogP contribution is -2.68. The van der Waals surface area contributed by atoms with Crippen LogP contribution in [-0.2, 0) is 14.2 Å². The number of rotatable bonds is 9. The molecule has 0 bridgehead atoms. The predicted molar refractivity (Wildman–Crippen MR) is 62.4 cm³/mol. The van der Waals surface area contributed by atoms with E-state index in [-0.39, 0.29) is 13.0 Å². The topological polar surface area (TPSA) is 109 Å². The van der Waals surface area contributed by atoms with Crippen LogP contribution in [0.5, 0.6) is 0 Å². The van der Waals surface area contributed by atoms with Crippen molar-refractivity contribution in [2.45, 2.75) is 32.0 Å². The smallest absolute Gasteiger partial charge is 0.295 e. The van der Waals surface area contributed by atoms with Gasteiger partial charge in [0.25, 0.3) is 5.97 Å². The number of methoxy groups -OCH3 is 2. The van der Waals surface area contributed by atoms with Crippen LogP contribution < -0.4 is 0 Å². The van der Waals surface area contributed by atoms with E-state index in [0.29, 0.717) is 0 Å². The van der Waals surface area contributed by atoms with Gasteiger partial charge in [0, 0.05) is 20.8 Å². The average Bonchev–Trinajstić information content (AvgIpc) is 2.40. The fourth-order valence-corrected chi connectivity index (χ4v) is 2.04. The van der Waals surface area contributed by atoms with E-state index in [1.54, 1.807) is 13.8 Å². The Hall–Kier alpha value is -0.280. The minimum Gasteiger partial charge on any atom is -0.395 e. The molecule has 0 heterocycles. The van der Waals surface area contributed by atoms with Crippen molar-refractivity contribution in [3.8, 4) is 0 Å². The van der Waals surface area contributed by atoms with Crippen molar-refractivity contribution in [2.24, 2.45) is 5.41 Å². The molecule has 4 N–H and O–H groups in total. The fourth-order valence-electron chi connectivity index (χ4n) is 2.04. The summed E-state index contributed by atoms with van der Waals surface area (Å²) in [7, 11) is 2.26. The lowest BCUT2D eigenvalue weighted by Gasteiger charge is -2.50. The maximum atomic E-state index is 10.5. The van der Waals surface area contributed by atoms with Gasteiger partial charge >= 0.3 is 0 Å². The van der Waals surface area contributed by atoms with Crippen LogP contribution in [0.1, 0.15) is 20.3 Å². The zero-order chi connectivity index (χ0) is 14.4. The zero-order valence-electron chi connectivity index (χ0n) is 11.3. The highest BCUT2D eigenvalue weighted by atomic mass is 16.8. The second-order valence-corrected chi connectivity index (χ2v) is 3.96. The molecule has 0 aromatic rings. The van der Waals surface area contributed by atoms with Crippen LogP contribution in [0, 0.1) is 5.41 Å². The van der Waals surface area contributed by atoms with Gasteiger partial charge in [-0.15, -0.1) is 0 Å². The van der Waals surface area contributed by atoms with Crippen LogP contribution in [0.4, 0.5) is 0 Å². The largest absolute Gasteiger partial charge is 0.395 e. The molecule has 7 heteroatoms. The molecule has 0 amide bonds. The third-order valence-electron chi connectivity index (χ3n) is 3.31. The molecule has 0 fully saturated rings. The second-order valence-electron chi connectivity index (χ2n) is 3.96. The van der Waals surface area contributed by atoms with Crippen molar-refractivity contribution >= 4 is 0 Å². The fraction of sp³-hybridized carbons (Fsp3) is 1.00. The highest BCUT2D eigenvalue weighted by molar-refractivity contribution is 4.98. The van der Waals surface area contributed by atoms with E-state index >= 15 is 0 Å². The molecule has 7 nitrogen and oxygen atoms in total. The summed E-state index contributed by atoms with van der Waals surface area (Å²) in [5.74, 6) is -4.40. The summed E-state index contributed by atoms with van der Waals surface area (Å²) in [6, 6.07) is 0. The molecule has 0 saturated carbocycles. The summed E-state index contributed by atoms with van der Waals surface area (Å²) in [5.41, 5.74) is -1.95. The minimum absolute atomic E-state index is 0.0109. The summed E-state index contributed by atoms with van der Waals surface area (Å²) >= 11 is 0. The Morgan fingerprint density at radius 2 is 1.39 bits per heavy atom. The lowest BCUT2D eigenvalue weighted by atomic mass is 9.76. The molecule has 0 aliphatic rings. The van der Waals surface area contributed by atoms with Gasteiger partial charge in [0.15, 0.2) is 11.2 Å². The summed E-state index contributed by atoms with van der Waals surface area (Å²) in [6.07, 6.45) is 0.0109. The Morgan fingerprint density at radius 1 is 0.944 bits per heavy atom. The van der Waals surface area contributed by atoms with Crippen molar-refractivity contribution in [2.75, 3.05) is 34.0 Å². The average molecular weight is 268 g/mol. The molecule has 110 valence electrons. The molecule has 18 heavy (non-hydrogen) atoms. The Kier molecular flexibility index (Phi) is 6.66. The third-order valence-corrected chi connectivity index (χ3v) is 3.31. The van der Waals surface area contributed by atoms with Crippen LogP contribution in [-0.4, -0.2) is 66.2 Å². The van der Waals surface area contributed by atoms with E-state index in [4.69, 9.17) is 14.2 Å². The number of aliphatic hydroxyl groups excluding tert-OH is 2. The van der Waals surface area contributed by atoms with Gasteiger partial charge in [0.2, 0.25) is 0 Å². The Morgan fingerprint density at radius 3 is 1.61 bits per heavy atom. The van der Waals surface area contributed by atoms with Crippen molar-refractivity contribution in [3.63, 3.8) is 0 Å². The van der Waals surface area contributed by atoms with Crippen molar-refractivity contribution < 1.29 is 34.6 Å². The molecule has 0 aromatic carbocycles. The Bertz CT molecular complexity index is 238. The van der Waals surface area contributed by atoms with Crippen LogP contribution >= 0.6 is 0 Å². The number of ether oxygens (including phenoxy) is 3. The minimum atomic E-state index is -2.39. The molecule has 0 spiro atoms. The van der Waals surface area contributed by atoms with Crippen molar-refractivity contribution in [1.29, 1.82) is 0 Å². The molecule has 1 unspecified atom stereocenters. The first-order chi connectivity index (χ1) is 8.36. The maximum absolute atomic E-state index is 10.5. The SMILES string of the molecule is CCOC(O)(CC)C(CO)(CO)C(O)(OC)OC. The van der Waals surface area contributed by atoms with E-state index < -0.39 is 30.4 Å². The van der Waals surface area contributed by atoms with Crippen LogP contribution in [0.25, 0.3) is 0 Å². The van der Waals surface area contributed by atoms with Crippen molar-refractivity contribution in [1.82, 2.24) is 0 Å². The van der Waals surface area contributed by atoms with E-state index in [1.807, 2.05) is 0 Å². The maximum Gasteiger partial charge on any atom is 0.295 e. The van der Waals surface area contributed by atoms with Gasteiger partial charge in [-0.25, -0.2) is 0 Å². The molecule has 0 aliphatic carbocycles. The number of hydrogen-bond acceptors (Lipinski definition) is 7. The highest BCUT2D eigenvalue weighted by Crippen LogP contribution is 2.44. The quantitative estimate of drug-likeness (QED) is 0.398. The predicted octanol–water partition coefficient (Wildman–Crippen LogP) is -0.969. The Balaban J connectivity index is 5.75. The van der Waals surface area contributed by atoms with E-state index in [0.717, 1.165) is 14.2 Å². The van der Waals surface area contributed by atoms with Gasteiger partial charge in [-0.3, -0.25) is 0 Å². The second kappa shape index (κ2) is 6.76. The summed E-state index contributed by atoms with van der Waals surface area (Å²) < 4.78 is 14.8. The monoisotopic (exact) mass is 268 g/mol. The van der Waals surface area contributed by atoms with E-state index in [9.17, 15) is 20.4 Å². The number of aliphatic hydroxyl groups is 4. The molecule has 0 radical (unpaired) electrons. The summed E-state index contributed by atoms with van der Waals surface area (Å²) in [6.45, 7) is 1.74. The van der Waals surface area contributed by atoms with Gasteiger partial charge in [-0.05, 0) is 13.3 Å². The Labute approximate surface area is 107 Å². The standard InChI is InChI=1S/C11H24O7/c1-5-10(14,18-6-2)9(7-12,8-13)11(15,16-3)17-4/h12-15H,5-8H2,1-4H3. The van der Waals surface area contributed by atoms with Gasteiger partial charge < -0.3 is 34.6 Å². The normalized spacial score (nSPS) is 16.7. The van der Waals surface area contributed by atoms with Gasteiger partial charge in [0.05, 0.1) is 13.2 Å². The van der Waals surface area contributed by atoms with Crippen LogP contribution in [0.15, 0.2) is 0 Å². The summed E-state index contributed by atoms with van der Waals surface area (Å²) in [5, 5.41) is 39.8. The van der Waals surface area contributed by atoms with Crippen LogP contribution in [0.3, 0.4) is 0 Å². The van der Waals surface area contributed by atoms with E-state index in [2.05, 4.69) is 0 Å². The van der Waals surface area contributed by atoms with Crippen LogP contribution in [0.2, 0.25) is 0 Å². The first-order valence-electron chi connectivity index (χ1n) is 5.77. The zero-order valence-corrected chi connectivity index (χ0v) is 11.3. The van der Waals surface area contributed by atoms with Crippen molar-refractivity contribution in [3.05, 3.63) is 0 Å². The molecule has 0 saturated heterocycles. The molecule has 0 aliphatic heterocycles.